The average molecular weight is 377 g/mol. The predicted octanol–water partition coefficient (Wildman–Crippen LogP) is 2.96. The van der Waals surface area contributed by atoms with Gasteiger partial charge in [0.15, 0.2) is 5.16 Å². The Balaban J connectivity index is 1.77. The van der Waals surface area contributed by atoms with Gasteiger partial charge in [-0.2, -0.15) is 0 Å². The molecule has 142 valence electrons. The molecular weight excluding hydrogens is 348 g/mol. The van der Waals surface area contributed by atoms with Gasteiger partial charge in [0, 0.05) is 19.5 Å². The number of ether oxygens (including phenoxy) is 1. The van der Waals surface area contributed by atoms with E-state index < -0.39 is 0 Å². The Hall–Kier alpha value is -2.02. The van der Waals surface area contributed by atoms with Crippen LogP contribution >= 0.6 is 11.8 Å². The van der Waals surface area contributed by atoms with Crippen molar-refractivity contribution in [2.24, 2.45) is 5.92 Å². The molecule has 2 rings (SSSR count). The molecule has 1 amide bonds. The normalized spacial score (nSPS) is 11.0. The van der Waals surface area contributed by atoms with Crippen molar-refractivity contribution >= 4 is 17.7 Å². The maximum absolute atomic E-state index is 12.1. The summed E-state index contributed by atoms with van der Waals surface area (Å²) in [5.41, 5.74) is 0.976. The van der Waals surface area contributed by atoms with E-state index in [9.17, 15) is 4.79 Å². The Kier molecular flexibility index (Phi) is 7.97. The van der Waals surface area contributed by atoms with E-state index in [4.69, 9.17) is 4.74 Å². The highest BCUT2D eigenvalue weighted by atomic mass is 32.2. The molecule has 0 radical (unpaired) electrons. The van der Waals surface area contributed by atoms with Crippen LogP contribution in [-0.4, -0.2) is 40.6 Å². The molecule has 0 aliphatic heterocycles. The first kappa shape index (κ1) is 20.3. The monoisotopic (exact) mass is 376 g/mol. The summed E-state index contributed by atoms with van der Waals surface area (Å²) in [6, 6.07) is 7.56. The zero-order valence-corrected chi connectivity index (χ0v) is 16.8. The third kappa shape index (κ3) is 6.05. The summed E-state index contributed by atoms with van der Waals surface area (Å²) in [6.45, 7) is 5.93. The van der Waals surface area contributed by atoms with Crippen molar-refractivity contribution in [2.45, 2.75) is 44.8 Å². The standard InChI is InChI=1S/C19H28N4O2S/c1-14(2)13-23-17(21-22-19(23)26-4)6-5-11-20-18(24)12-15-7-9-16(25-3)10-8-15/h7-10,14H,5-6,11-13H2,1-4H3,(H,20,24). The number of thioether (sulfide) groups is 1. The second kappa shape index (κ2) is 10.2. The minimum atomic E-state index is 0.0311. The van der Waals surface area contributed by atoms with E-state index in [1.54, 1.807) is 18.9 Å². The molecule has 1 heterocycles. The van der Waals surface area contributed by atoms with Gasteiger partial charge in [0.25, 0.3) is 0 Å². The van der Waals surface area contributed by atoms with Crippen LogP contribution in [0.4, 0.5) is 0 Å². The lowest BCUT2D eigenvalue weighted by Crippen LogP contribution is -2.26. The van der Waals surface area contributed by atoms with Gasteiger partial charge in [0.05, 0.1) is 13.5 Å². The number of aryl methyl sites for hydroxylation is 1. The molecule has 0 aliphatic carbocycles. The second-order valence-corrected chi connectivity index (χ2v) is 7.36. The number of hydrogen-bond donors (Lipinski definition) is 1. The molecule has 6 nitrogen and oxygen atoms in total. The van der Waals surface area contributed by atoms with Gasteiger partial charge in [0.2, 0.25) is 5.91 Å². The summed E-state index contributed by atoms with van der Waals surface area (Å²) in [7, 11) is 1.63. The molecule has 1 aromatic heterocycles. The number of rotatable bonds is 10. The molecule has 0 saturated carbocycles. The van der Waals surface area contributed by atoms with Crippen LogP contribution in [0.3, 0.4) is 0 Å². The third-order valence-corrected chi connectivity index (χ3v) is 4.61. The van der Waals surface area contributed by atoms with Gasteiger partial charge in [-0.05, 0) is 36.3 Å². The Morgan fingerprint density at radius 2 is 2.00 bits per heavy atom. The number of amides is 1. The summed E-state index contributed by atoms with van der Waals surface area (Å²) in [6.07, 6.45) is 4.05. The fraction of sp³-hybridized carbons (Fsp3) is 0.526. The first-order valence-electron chi connectivity index (χ1n) is 8.89. The van der Waals surface area contributed by atoms with Crippen molar-refractivity contribution in [3.8, 4) is 5.75 Å². The number of benzene rings is 1. The molecule has 2 aromatic rings. The lowest BCUT2D eigenvalue weighted by Gasteiger charge is -2.11. The van der Waals surface area contributed by atoms with Crippen LogP contribution < -0.4 is 10.1 Å². The zero-order valence-electron chi connectivity index (χ0n) is 16.0. The molecule has 26 heavy (non-hydrogen) atoms. The lowest BCUT2D eigenvalue weighted by molar-refractivity contribution is -0.120. The Morgan fingerprint density at radius 3 is 2.62 bits per heavy atom. The quantitative estimate of drug-likeness (QED) is 0.510. The molecule has 1 aromatic carbocycles. The van der Waals surface area contributed by atoms with Crippen LogP contribution in [0.1, 0.15) is 31.7 Å². The SMILES string of the molecule is COc1ccc(CC(=O)NCCCc2nnc(SC)n2CC(C)C)cc1. The van der Waals surface area contributed by atoms with Crippen molar-refractivity contribution in [1.82, 2.24) is 20.1 Å². The van der Waals surface area contributed by atoms with Gasteiger partial charge in [-0.3, -0.25) is 4.79 Å². The topological polar surface area (TPSA) is 69.0 Å². The van der Waals surface area contributed by atoms with E-state index in [0.29, 0.717) is 18.9 Å². The van der Waals surface area contributed by atoms with E-state index in [1.807, 2.05) is 30.5 Å². The largest absolute Gasteiger partial charge is 0.497 e. The van der Waals surface area contributed by atoms with Gasteiger partial charge in [-0.15, -0.1) is 10.2 Å². The first-order chi connectivity index (χ1) is 12.5. The lowest BCUT2D eigenvalue weighted by atomic mass is 10.1. The molecular formula is C19H28N4O2S. The number of carbonyl (C=O) groups is 1. The van der Waals surface area contributed by atoms with E-state index >= 15 is 0 Å². The molecule has 0 bridgehead atoms. The number of aromatic nitrogens is 3. The Bertz CT molecular complexity index is 698. The summed E-state index contributed by atoms with van der Waals surface area (Å²) in [5, 5.41) is 12.5. The highest BCUT2D eigenvalue weighted by Crippen LogP contribution is 2.16. The van der Waals surface area contributed by atoms with Crippen LogP contribution in [0.25, 0.3) is 0 Å². The van der Waals surface area contributed by atoms with Gasteiger partial charge >= 0.3 is 0 Å². The molecule has 0 aliphatic rings. The van der Waals surface area contributed by atoms with Crippen molar-refractivity contribution in [3.05, 3.63) is 35.7 Å². The Labute approximate surface area is 159 Å². The highest BCUT2D eigenvalue weighted by molar-refractivity contribution is 7.98. The van der Waals surface area contributed by atoms with Crippen LogP contribution in [0.15, 0.2) is 29.4 Å². The summed E-state index contributed by atoms with van der Waals surface area (Å²) < 4.78 is 7.31. The number of hydrogen-bond acceptors (Lipinski definition) is 5. The van der Waals surface area contributed by atoms with Crippen LogP contribution in [-0.2, 0) is 24.2 Å². The molecule has 1 N–H and O–H groups in total. The van der Waals surface area contributed by atoms with Crippen molar-refractivity contribution in [1.29, 1.82) is 0 Å². The smallest absolute Gasteiger partial charge is 0.224 e. The first-order valence-corrected chi connectivity index (χ1v) is 10.1. The maximum atomic E-state index is 12.1. The van der Waals surface area contributed by atoms with Crippen molar-refractivity contribution < 1.29 is 9.53 Å². The molecule has 0 spiro atoms. The summed E-state index contributed by atoms with van der Waals surface area (Å²) in [5.74, 6) is 2.36. The fourth-order valence-electron chi connectivity index (χ4n) is 2.67. The van der Waals surface area contributed by atoms with Gasteiger partial charge in [-0.25, -0.2) is 0 Å². The fourth-order valence-corrected chi connectivity index (χ4v) is 3.19. The predicted molar refractivity (Wildman–Crippen MR) is 105 cm³/mol. The van der Waals surface area contributed by atoms with E-state index in [1.165, 1.54) is 0 Å². The summed E-state index contributed by atoms with van der Waals surface area (Å²) in [4.78, 5) is 12.1. The van der Waals surface area contributed by atoms with Crippen LogP contribution in [0.2, 0.25) is 0 Å². The third-order valence-electron chi connectivity index (χ3n) is 3.95. The number of carbonyl (C=O) groups excluding carboxylic acids is 1. The van der Waals surface area contributed by atoms with Crippen molar-refractivity contribution in [2.75, 3.05) is 19.9 Å². The Morgan fingerprint density at radius 1 is 1.27 bits per heavy atom. The summed E-state index contributed by atoms with van der Waals surface area (Å²) >= 11 is 1.62. The molecule has 0 fully saturated rings. The van der Waals surface area contributed by atoms with Gasteiger partial charge in [-0.1, -0.05) is 37.7 Å². The number of nitrogens with zero attached hydrogens (tertiary/aromatic N) is 3. The minimum absolute atomic E-state index is 0.0311. The van der Waals surface area contributed by atoms with Gasteiger partial charge in [0.1, 0.15) is 11.6 Å². The molecule has 0 unspecified atom stereocenters. The minimum Gasteiger partial charge on any atom is -0.497 e. The number of nitrogens with one attached hydrogen (secondary N) is 1. The maximum Gasteiger partial charge on any atom is 0.224 e. The van der Waals surface area contributed by atoms with Crippen LogP contribution in [0, 0.1) is 5.92 Å². The average Bonchev–Trinajstić information content (AvgIpc) is 3.00. The molecule has 0 atom stereocenters. The van der Waals surface area contributed by atoms with Crippen molar-refractivity contribution in [3.63, 3.8) is 0 Å². The van der Waals surface area contributed by atoms with Crippen LogP contribution in [0.5, 0.6) is 5.75 Å². The van der Waals surface area contributed by atoms with E-state index in [2.05, 4.69) is 33.9 Å². The second-order valence-electron chi connectivity index (χ2n) is 6.59. The molecule has 7 heteroatoms. The number of methoxy groups -OCH3 is 1. The van der Waals surface area contributed by atoms with Gasteiger partial charge < -0.3 is 14.6 Å². The van der Waals surface area contributed by atoms with E-state index in [-0.39, 0.29) is 5.91 Å². The van der Waals surface area contributed by atoms with E-state index in [0.717, 1.165) is 41.7 Å². The molecule has 0 saturated heterocycles. The highest BCUT2D eigenvalue weighted by Gasteiger charge is 2.12. The zero-order chi connectivity index (χ0) is 18.9.